The summed E-state index contributed by atoms with van der Waals surface area (Å²) in [7, 11) is 0. The summed E-state index contributed by atoms with van der Waals surface area (Å²) in [5, 5.41) is 23.1. The molecule has 0 aliphatic rings. The van der Waals surface area contributed by atoms with Gasteiger partial charge >= 0.3 is 0 Å². The molecule has 0 amide bonds. The Morgan fingerprint density at radius 1 is 1.44 bits per heavy atom. The second-order valence-corrected chi connectivity index (χ2v) is 3.14. The third kappa shape index (κ3) is 1.91. The van der Waals surface area contributed by atoms with Crippen LogP contribution in [0.1, 0.15) is 5.76 Å². The standard InChI is InChI=1S/C10H8N2O4/c13-6-9-5-10(11-16-9)7-2-1-3-8(4-7)12(14)15/h1-5,13H,6H2. The number of aromatic nitrogens is 1. The van der Waals surface area contributed by atoms with Gasteiger partial charge in [-0.25, -0.2) is 0 Å². The van der Waals surface area contributed by atoms with E-state index >= 15 is 0 Å². The van der Waals surface area contributed by atoms with Crippen LogP contribution < -0.4 is 0 Å². The summed E-state index contributed by atoms with van der Waals surface area (Å²) >= 11 is 0. The van der Waals surface area contributed by atoms with Crippen LogP contribution in [0.15, 0.2) is 34.9 Å². The van der Waals surface area contributed by atoms with Crippen molar-refractivity contribution in [3.8, 4) is 11.3 Å². The number of nitrogens with zero attached hydrogens (tertiary/aromatic N) is 2. The van der Waals surface area contributed by atoms with E-state index in [0.717, 1.165) is 0 Å². The summed E-state index contributed by atoms with van der Waals surface area (Å²) in [6.45, 7) is -0.248. The van der Waals surface area contributed by atoms with Crippen molar-refractivity contribution < 1.29 is 14.6 Å². The van der Waals surface area contributed by atoms with Crippen molar-refractivity contribution >= 4 is 5.69 Å². The summed E-state index contributed by atoms with van der Waals surface area (Å²) in [5.74, 6) is 0.321. The second-order valence-electron chi connectivity index (χ2n) is 3.14. The molecule has 82 valence electrons. The fraction of sp³-hybridized carbons (Fsp3) is 0.100. The van der Waals surface area contributed by atoms with Gasteiger partial charge in [-0.2, -0.15) is 0 Å². The first-order valence-electron chi connectivity index (χ1n) is 4.52. The van der Waals surface area contributed by atoms with Crippen LogP contribution in [0.4, 0.5) is 5.69 Å². The molecule has 16 heavy (non-hydrogen) atoms. The smallest absolute Gasteiger partial charge is 0.270 e. The SMILES string of the molecule is O=[N+]([O-])c1cccc(-c2cc(CO)on2)c1. The van der Waals surface area contributed by atoms with E-state index in [1.54, 1.807) is 18.2 Å². The summed E-state index contributed by atoms with van der Waals surface area (Å²) in [6, 6.07) is 7.60. The highest BCUT2D eigenvalue weighted by atomic mass is 16.6. The van der Waals surface area contributed by atoms with Gasteiger partial charge in [-0.3, -0.25) is 10.1 Å². The Labute approximate surface area is 90.3 Å². The Bertz CT molecular complexity index is 521. The molecule has 6 heteroatoms. The fourth-order valence-electron chi connectivity index (χ4n) is 1.30. The molecular weight excluding hydrogens is 212 g/mol. The molecule has 0 saturated heterocycles. The first kappa shape index (κ1) is 10.3. The van der Waals surface area contributed by atoms with E-state index < -0.39 is 4.92 Å². The van der Waals surface area contributed by atoms with Gasteiger partial charge in [0.05, 0.1) is 4.92 Å². The average molecular weight is 220 g/mol. The fourth-order valence-corrected chi connectivity index (χ4v) is 1.30. The van der Waals surface area contributed by atoms with Gasteiger partial charge in [-0.1, -0.05) is 17.3 Å². The van der Waals surface area contributed by atoms with Crippen molar-refractivity contribution in [1.29, 1.82) is 0 Å². The molecule has 0 fully saturated rings. The van der Waals surface area contributed by atoms with E-state index in [0.29, 0.717) is 17.0 Å². The number of aliphatic hydroxyl groups excluding tert-OH is 1. The van der Waals surface area contributed by atoms with Crippen LogP contribution in [-0.2, 0) is 6.61 Å². The number of rotatable bonds is 3. The number of benzene rings is 1. The predicted molar refractivity (Wildman–Crippen MR) is 54.5 cm³/mol. The Morgan fingerprint density at radius 3 is 2.88 bits per heavy atom. The van der Waals surface area contributed by atoms with Crippen LogP contribution in [-0.4, -0.2) is 15.2 Å². The third-order valence-electron chi connectivity index (χ3n) is 2.07. The van der Waals surface area contributed by atoms with Crippen LogP contribution in [0.2, 0.25) is 0 Å². The number of nitro benzene ring substituents is 1. The molecule has 0 aliphatic heterocycles. The van der Waals surface area contributed by atoms with E-state index in [9.17, 15) is 10.1 Å². The summed E-state index contributed by atoms with van der Waals surface area (Å²) < 4.78 is 4.80. The maximum absolute atomic E-state index is 10.6. The first-order valence-corrected chi connectivity index (χ1v) is 4.52. The molecule has 0 spiro atoms. The van der Waals surface area contributed by atoms with Crippen LogP contribution >= 0.6 is 0 Å². The van der Waals surface area contributed by atoms with E-state index in [-0.39, 0.29) is 12.3 Å². The highest BCUT2D eigenvalue weighted by Crippen LogP contribution is 2.23. The maximum Gasteiger partial charge on any atom is 0.270 e. The average Bonchev–Trinajstić information content (AvgIpc) is 2.77. The zero-order valence-electron chi connectivity index (χ0n) is 8.16. The number of hydrogen-bond acceptors (Lipinski definition) is 5. The largest absolute Gasteiger partial charge is 0.388 e. The molecule has 0 atom stereocenters. The number of non-ortho nitro benzene ring substituents is 1. The number of aliphatic hydroxyl groups is 1. The number of nitro groups is 1. The molecule has 1 aromatic heterocycles. The summed E-state index contributed by atoms with van der Waals surface area (Å²) in [5.41, 5.74) is 1.04. The van der Waals surface area contributed by atoms with Gasteiger partial charge in [0.25, 0.3) is 5.69 Å². The lowest BCUT2D eigenvalue weighted by Gasteiger charge is -1.94. The number of hydrogen-bond donors (Lipinski definition) is 1. The highest BCUT2D eigenvalue weighted by molar-refractivity contribution is 5.62. The van der Waals surface area contributed by atoms with Crippen molar-refractivity contribution in [2.24, 2.45) is 0 Å². The van der Waals surface area contributed by atoms with Crippen molar-refractivity contribution in [3.05, 3.63) is 46.2 Å². The molecule has 0 saturated carbocycles. The Kier molecular flexibility index (Phi) is 2.65. The summed E-state index contributed by atoms with van der Waals surface area (Å²) in [6.07, 6.45) is 0. The molecule has 1 heterocycles. The minimum absolute atomic E-state index is 0.00829. The maximum atomic E-state index is 10.6. The molecule has 2 aromatic rings. The van der Waals surface area contributed by atoms with E-state index in [1.807, 2.05) is 0 Å². The molecule has 1 aromatic carbocycles. The summed E-state index contributed by atoms with van der Waals surface area (Å²) in [4.78, 5) is 10.1. The monoisotopic (exact) mass is 220 g/mol. The molecule has 6 nitrogen and oxygen atoms in total. The van der Waals surface area contributed by atoms with Gasteiger partial charge in [-0.05, 0) is 0 Å². The lowest BCUT2D eigenvalue weighted by molar-refractivity contribution is -0.384. The van der Waals surface area contributed by atoms with Crippen molar-refractivity contribution in [1.82, 2.24) is 5.16 Å². The Morgan fingerprint density at radius 2 is 2.25 bits per heavy atom. The predicted octanol–water partition coefficient (Wildman–Crippen LogP) is 1.74. The minimum atomic E-state index is -0.476. The second kappa shape index (κ2) is 4.11. The molecule has 0 radical (unpaired) electrons. The van der Waals surface area contributed by atoms with Gasteiger partial charge in [0.15, 0.2) is 5.76 Å². The van der Waals surface area contributed by atoms with E-state index in [1.165, 1.54) is 12.1 Å². The van der Waals surface area contributed by atoms with Crippen LogP contribution in [0.3, 0.4) is 0 Å². The van der Waals surface area contributed by atoms with Crippen LogP contribution in [0.25, 0.3) is 11.3 Å². The van der Waals surface area contributed by atoms with Gasteiger partial charge < -0.3 is 9.63 Å². The van der Waals surface area contributed by atoms with Gasteiger partial charge in [0, 0.05) is 23.8 Å². The van der Waals surface area contributed by atoms with Crippen LogP contribution in [0, 0.1) is 10.1 Å². The molecule has 1 N–H and O–H groups in total. The lowest BCUT2D eigenvalue weighted by Crippen LogP contribution is -1.87. The first-order chi connectivity index (χ1) is 7.70. The third-order valence-corrected chi connectivity index (χ3v) is 2.07. The van der Waals surface area contributed by atoms with Crippen molar-refractivity contribution in [2.75, 3.05) is 0 Å². The van der Waals surface area contributed by atoms with E-state index in [4.69, 9.17) is 9.63 Å². The van der Waals surface area contributed by atoms with E-state index in [2.05, 4.69) is 5.16 Å². The van der Waals surface area contributed by atoms with Gasteiger partial charge in [0.2, 0.25) is 0 Å². The Balaban J connectivity index is 2.40. The molecule has 0 aliphatic carbocycles. The van der Waals surface area contributed by atoms with Crippen molar-refractivity contribution in [3.63, 3.8) is 0 Å². The molecule has 2 rings (SSSR count). The Hall–Kier alpha value is -2.21. The van der Waals surface area contributed by atoms with Gasteiger partial charge in [0.1, 0.15) is 12.3 Å². The normalized spacial score (nSPS) is 10.3. The van der Waals surface area contributed by atoms with Crippen LogP contribution in [0.5, 0.6) is 0 Å². The molecular formula is C10H8N2O4. The zero-order valence-corrected chi connectivity index (χ0v) is 8.16. The van der Waals surface area contributed by atoms with Gasteiger partial charge in [-0.15, -0.1) is 0 Å². The molecule has 0 bridgehead atoms. The lowest BCUT2D eigenvalue weighted by atomic mass is 10.1. The minimum Gasteiger partial charge on any atom is -0.388 e. The molecule has 0 unspecified atom stereocenters. The van der Waals surface area contributed by atoms with Crippen molar-refractivity contribution in [2.45, 2.75) is 6.61 Å². The highest BCUT2D eigenvalue weighted by Gasteiger charge is 2.10. The quantitative estimate of drug-likeness (QED) is 0.628. The topological polar surface area (TPSA) is 89.4 Å². The zero-order chi connectivity index (χ0) is 11.5.